The number of carbonyl (C=O) groups excluding carboxylic acids is 2. The highest BCUT2D eigenvalue weighted by atomic mass is 16.6. The Morgan fingerprint density at radius 2 is 2.50 bits per heavy atom. The summed E-state index contributed by atoms with van der Waals surface area (Å²) in [5, 5.41) is 0. The van der Waals surface area contributed by atoms with E-state index in [0.717, 1.165) is 6.29 Å². The normalized spacial score (nSPS) is 25.3. The zero-order valence-electron chi connectivity index (χ0n) is 7.32. The van der Waals surface area contributed by atoms with Crippen LogP contribution in [0, 0.1) is 5.92 Å². The zero-order valence-corrected chi connectivity index (χ0v) is 7.32. The molecule has 4 heteroatoms. The number of rotatable bonds is 3. The molecule has 1 saturated heterocycles. The smallest absolute Gasteiger partial charge is 0.409 e. The molecule has 0 aromatic rings. The largest absolute Gasteiger partial charge is 0.444 e. The van der Waals surface area contributed by atoms with Gasteiger partial charge in [-0.05, 0) is 0 Å². The minimum absolute atomic E-state index is 0.118. The van der Waals surface area contributed by atoms with E-state index >= 15 is 0 Å². The monoisotopic (exact) mass is 171 g/mol. The molecule has 68 valence electrons. The second-order valence-corrected chi connectivity index (χ2v) is 3.18. The van der Waals surface area contributed by atoms with E-state index in [-0.39, 0.29) is 18.1 Å². The van der Waals surface area contributed by atoms with Gasteiger partial charge in [-0.2, -0.15) is 0 Å². The number of carbonyl (C=O) groups is 2. The van der Waals surface area contributed by atoms with Crippen LogP contribution in [0.25, 0.3) is 0 Å². The van der Waals surface area contributed by atoms with Crippen molar-refractivity contribution in [2.24, 2.45) is 5.92 Å². The average Bonchev–Trinajstić information content (AvgIpc) is 2.33. The van der Waals surface area contributed by atoms with E-state index in [2.05, 4.69) is 0 Å². The van der Waals surface area contributed by atoms with E-state index in [1.54, 1.807) is 7.05 Å². The molecule has 0 spiro atoms. The van der Waals surface area contributed by atoms with Gasteiger partial charge in [-0.15, -0.1) is 0 Å². The van der Waals surface area contributed by atoms with Crippen LogP contribution in [0.15, 0.2) is 0 Å². The molecule has 1 fully saturated rings. The predicted octanol–water partition coefficient (Wildman–Crippen LogP) is 0.662. The Kier molecular flexibility index (Phi) is 2.68. The number of nitrogens with zero attached hydrogens (tertiary/aromatic N) is 1. The highest BCUT2D eigenvalue weighted by Crippen LogP contribution is 2.18. The lowest BCUT2D eigenvalue weighted by Gasteiger charge is -2.13. The minimum atomic E-state index is -0.294. The summed E-state index contributed by atoms with van der Waals surface area (Å²) in [6.07, 6.45) is 0.897. The van der Waals surface area contributed by atoms with Crippen LogP contribution >= 0.6 is 0 Å². The molecule has 1 heterocycles. The molecule has 1 aliphatic heterocycles. The van der Waals surface area contributed by atoms with Crippen molar-refractivity contribution in [2.75, 3.05) is 13.6 Å². The molecule has 1 aliphatic rings. The lowest BCUT2D eigenvalue weighted by atomic mass is 10.0. The summed E-state index contributed by atoms with van der Waals surface area (Å²) in [4.78, 5) is 22.6. The first-order valence-electron chi connectivity index (χ1n) is 4.00. The van der Waals surface area contributed by atoms with Crippen molar-refractivity contribution in [3.8, 4) is 0 Å². The molecule has 0 aromatic carbocycles. The van der Waals surface area contributed by atoms with Gasteiger partial charge in [0.15, 0.2) is 0 Å². The molecule has 4 nitrogen and oxygen atoms in total. The Labute approximate surface area is 71.5 Å². The fourth-order valence-electron chi connectivity index (χ4n) is 1.20. The van der Waals surface area contributed by atoms with Crippen LogP contribution in [-0.2, 0) is 9.53 Å². The SMILES string of the molecule is CC(CC=O)C1CN(C)C(=O)O1. The Bertz CT molecular complexity index is 193. The van der Waals surface area contributed by atoms with Crippen molar-refractivity contribution in [1.82, 2.24) is 4.90 Å². The summed E-state index contributed by atoms with van der Waals surface area (Å²) >= 11 is 0. The lowest BCUT2D eigenvalue weighted by molar-refractivity contribution is -0.109. The Morgan fingerprint density at radius 3 is 2.92 bits per heavy atom. The third kappa shape index (κ3) is 1.75. The summed E-state index contributed by atoms with van der Waals surface area (Å²) in [6.45, 7) is 2.50. The van der Waals surface area contributed by atoms with Gasteiger partial charge < -0.3 is 14.4 Å². The number of hydrogen-bond donors (Lipinski definition) is 0. The first-order chi connectivity index (χ1) is 5.65. The molecule has 2 unspecified atom stereocenters. The van der Waals surface area contributed by atoms with Crippen molar-refractivity contribution in [2.45, 2.75) is 19.4 Å². The van der Waals surface area contributed by atoms with Gasteiger partial charge in [0.2, 0.25) is 0 Å². The van der Waals surface area contributed by atoms with Crippen LogP contribution in [0.1, 0.15) is 13.3 Å². The van der Waals surface area contributed by atoms with Crippen molar-refractivity contribution >= 4 is 12.4 Å². The average molecular weight is 171 g/mol. The molecule has 0 bridgehead atoms. The number of cyclic esters (lactones) is 1. The van der Waals surface area contributed by atoms with E-state index in [4.69, 9.17) is 4.74 Å². The maximum atomic E-state index is 10.9. The van der Waals surface area contributed by atoms with Gasteiger partial charge in [-0.3, -0.25) is 0 Å². The van der Waals surface area contributed by atoms with Crippen LogP contribution in [0.2, 0.25) is 0 Å². The van der Waals surface area contributed by atoms with E-state index < -0.39 is 0 Å². The van der Waals surface area contributed by atoms with Crippen LogP contribution in [-0.4, -0.2) is 37.0 Å². The zero-order chi connectivity index (χ0) is 9.14. The number of ether oxygens (including phenoxy) is 1. The van der Waals surface area contributed by atoms with Gasteiger partial charge in [-0.25, -0.2) is 4.79 Å². The number of hydrogen-bond acceptors (Lipinski definition) is 3. The van der Waals surface area contributed by atoms with Crippen molar-refractivity contribution in [3.05, 3.63) is 0 Å². The van der Waals surface area contributed by atoms with Gasteiger partial charge in [0.25, 0.3) is 0 Å². The summed E-state index contributed by atoms with van der Waals surface area (Å²) < 4.78 is 5.02. The van der Waals surface area contributed by atoms with Crippen molar-refractivity contribution in [3.63, 3.8) is 0 Å². The summed E-state index contributed by atoms with van der Waals surface area (Å²) in [6, 6.07) is 0. The van der Waals surface area contributed by atoms with Gasteiger partial charge in [0.1, 0.15) is 12.4 Å². The fraction of sp³-hybridized carbons (Fsp3) is 0.750. The topological polar surface area (TPSA) is 46.6 Å². The third-order valence-corrected chi connectivity index (χ3v) is 2.12. The second kappa shape index (κ2) is 3.56. The van der Waals surface area contributed by atoms with Gasteiger partial charge in [0, 0.05) is 19.4 Å². The number of amides is 1. The second-order valence-electron chi connectivity index (χ2n) is 3.18. The third-order valence-electron chi connectivity index (χ3n) is 2.12. The molecule has 12 heavy (non-hydrogen) atoms. The molecule has 1 rings (SSSR count). The summed E-state index contributed by atoms with van der Waals surface area (Å²) in [5.74, 6) is 0.122. The Hall–Kier alpha value is -1.06. The predicted molar refractivity (Wildman–Crippen MR) is 42.7 cm³/mol. The molecule has 0 saturated carbocycles. The van der Waals surface area contributed by atoms with Gasteiger partial charge >= 0.3 is 6.09 Å². The molecule has 1 amide bonds. The lowest BCUT2D eigenvalue weighted by Crippen LogP contribution is -2.23. The van der Waals surface area contributed by atoms with Crippen molar-refractivity contribution < 1.29 is 14.3 Å². The van der Waals surface area contributed by atoms with E-state index in [1.165, 1.54) is 4.90 Å². The molecular formula is C8H13NO3. The highest BCUT2D eigenvalue weighted by molar-refractivity contribution is 5.69. The Balaban J connectivity index is 2.45. The van der Waals surface area contributed by atoms with Crippen LogP contribution < -0.4 is 0 Å². The highest BCUT2D eigenvalue weighted by Gasteiger charge is 2.31. The maximum Gasteiger partial charge on any atom is 0.409 e. The van der Waals surface area contributed by atoms with Gasteiger partial charge in [-0.1, -0.05) is 6.92 Å². The first kappa shape index (κ1) is 9.03. The first-order valence-corrected chi connectivity index (χ1v) is 4.00. The standard InChI is InChI=1S/C8H13NO3/c1-6(3-4-10)7-5-9(2)8(11)12-7/h4,6-7H,3,5H2,1-2H3. The maximum absolute atomic E-state index is 10.9. The molecule has 0 radical (unpaired) electrons. The molecule has 0 N–H and O–H groups in total. The molecule has 0 aliphatic carbocycles. The fourth-order valence-corrected chi connectivity index (χ4v) is 1.20. The summed E-state index contributed by atoms with van der Waals surface area (Å²) in [5.41, 5.74) is 0. The molecular weight excluding hydrogens is 158 g/mol. The van der Waals surface area contributed by atoms with E-state index in [1.807, 2.05) is 6.92 Å². The van der Waals surface area contributed by atoms with Crippen molar-refractivity contribution in [1.29, 1.82) is 0 Å². The molecule has 0 aromatic heterocycles. The minimum Gasteiger partial charge on any atom is -0.444 e. The quantitative estimate of drug-likeness (QED) is 0.586. The van der Waals surface area contributed by atoms with E-state index in [0.29, 0.717) is 13.0 Å². The molecule has 2 atom stereocenters. The van der Waals surface area contributed by atoms with Crippen LogP contribution in [0.4, 0.5) is 4.79 Å². The Morgan fingerprint density at radius 1 is 1.83 bits per heavy atom. The van der Waals surface area contributed by atoms with Crippen LogP contribution in [0.5, 0.6) is 0 Å². The number of aldehydes is 1. The van der Waals surface area contributed by atoms with Crippen LogP contribution in [0.3, 0.4) is 0 Å². The number of likely N-dealkylation sites (N-methyl/N-ethyl adjacent to an activating group) is 1. The van der Waals surface area contributed by atoms with Gasteiger partial charge in [0.05, 0.1) is 6.54 Å². The van der Waals surface area contributed by atoms with E-state index in [9.17, 15) is 9.59 Å². The summed E-state index contributed by atoms with van der Waals surface area (Å²) in [7, 11) is 1.69.